The maximum Gasteiger partial charge on any atom is 0.0205 e. The third-order valence-corrected chi connectivity index (χ3v) is 3.66. The minimum Gasteiger partial charge on any atom is -0.313 e. The van der Waals surface area contributed by atoms with Crippen LogP contribution in [0.5, 0.6) is 0 Å². The van der Waals surface area contributed by atoms with E-state index in [1.165, 1.54) is 36.1 Å². The van der Waals surface area contributed by atoms with E-state index in [0.29, 0.717) is 0 Å². The number of unbranched alkanes of at least 4 members (excludes halogenated alkanes) is 2. The highest BCUT2D eigenvalue weighted by Crippen LogP contribution is 2.05. The molecule has 0 aromatic heterocycles. The molecular weight excluding hydrogens is 226 g/mol. The van der Waals surface area contributed by atoms with Crippen LogP contribution in [0.15, 0.2) is 24.3 Å². The Kier molecular flexibility index (Phi) is 8.20. The van der Waals surface area contributed by atoms with Crippen LogP contribution in [-0.4, -0.2) is 18.6 Å². The van der Waals surface area contributed by atoms with Crippen molar-refractivity contribution in [2.75, 3.05) is 18.6 Å². The Morgan fingerprint density at radius 3 is 2.35 bits per heavy atom. The van der Waals surface area contributed by atoms with Crippen molar-refractivity contribution in [1.82, 2.24) is 5.32 Å². The molecule has 0 spiro atoms. The van der Waals surface area contributed by atoms with Gasteiger partial charge in [-0.15, -0.1) is 0 Å². The van der Waals surface area contributed by atoms with Crippen LogP contribution in [0.2, 0.25) is 0 Å². The quantitative estimate of drug-likeness (QED) is 0.669. The predicted octanol–water partition coefficient (Wildman–Crippen LogP) is 3.87. The molecule has 1 rings (SSSR count). The predicted molar refractivity (Wildman–Crippen MR) is 79.8 cm³/mol. The molecule has 0 radical (unpaired) electrons. The fourth-order valence-corrected chi connectivity index (χ4v) is 2.29. The van der Waals surface area contributed by atoms with Gasteiger partial charge in [0.1, 0.15) is 0 Å². The van der Waals surface area contributed by atoms with Crippen LogP contribution in [0.25, 0.3) is 0 Å². The van der Waals surface area contributed by atoms with Gasteiger partial charge in [0.15, 0.2) is 0 Å². The van der Waals surface area contributed by atoms with Crippen LogP contribution in [0, 0.1) is 0 Å². The summed E-state index contributed by atoms with van der Waals surface area (Å²) in [7, 11) is 0. The Hall–Kier alpha value is -0.470. The van der Waals surface area contributed by atoms with E-state index in [4.69, 9.17) is 0 Å². The van der Waals surface area contributed by atoms with Gasteiger partial charge >= 0.3 is 0 Å². The molecule has 0 aliphatic heterocycles. The van der Waals surface area contributed by atoms with Crippen LogP contribution in [-0.2, 0) is 13.0 Å². The van der Waals surface area contributed by atoms with Gasteiger partial charge in [0, 0.05) is 6.54 Å². The summed E-state index contributed by atoms with van der Waals surface area (Å²) in [4.78, 5) is 0. The van der Waals surface area contributed by atoms with Crippen LogP contribution in [0.1, 0.15) is 37.3 Å². The van der Waals surface area contributed by atoms with E-state index < -0.39 is 0 Å². The fraction of sp³-hybridized carbons (Fsp3) is 0.600. The van der Waals surface area contributed by atoms with Crippen molar-refractivity contribution < 1.29 is 0 Å². The summed E-state index contributed by atoms with van der Waals surface area (Å²) < 4.78 is 0. The van der Waals surface area contributed by atoms with E-state index in [9.17, 15) is 0 Å². The lowest BCUT2D eigenvalue weighted by Gasteiger charge is -2.05. The van der Waals surface area contributed by atoms with Crippen LogP contribution in [0.3, 0.4) is 0 Å². The second-order valence-corrected chi connectivity index (χ2v) is 5.39. The zero-order valence-corrected chi connectivity index (χ0v) is 12.0. The average molecular weight is 251 g/mol. The summed E-state index contributed by atoms with van der Waals surface area (Å²) in [5.41, 5.74) is 2.82. The maximum absolute atomic E-state index is 3.51. The molecule has 1 N–H and O–H groups in total. The highest BCUT2D eigenvalue weighted by Gasteiger charge is 1.94. The molecule has 96 valence electrons. The lowest BCUT2D eigenvalue weighted by molar-refractivity contribution is 0.618. The first-order valence-electron chi connectivity index (χ1n) is 6.64. The third-order valence-electron chi connectivity index (χ3n) is 2.96. The van der Waals surface area contributed by atoms with E-state index in [1.54, 1.807) is 0 Å². The Bertz CT molecular complexity index is 281. The molecule has 0 aliphatic carbocycles. The van der Waals surface area contributed by atoms with E-state index >= 15 is 0 Å². The molecule has 0 heterocycles. The molecule has 2 heteroatoms. The SMILES string of the molecule is CCc1ccc(CNCCCCCSC)cc1. The van der Waals surface area contributed by atoms with E-state index in [2.05, 4.69) is 42.8 Å². The van der Waals surface area contributed by atoms with Crippen molar-refractivity contribution in [3.63, 3.8) is 0 Å². The molecule has 1 nitrogen and oxygen atoms in total. The zero-order valence-electron chi connectivity index (χ0n) is 11.2. The van der Waals surface area contributed by atoms with Crippen molar-refractivity contribution in [2.24, 2.45) is 0 Å². The van der Waals surface area contributed by atoms with Gasteiger partial charge in [0.25, 0.3) is 0 Å². The summed E-state index contributed by atoms with van der Waals surface area (Å²) in [6, 6.07) is 8.93. The molecule has 1 aromatic rings. The van der Waals surface area contributed by atoms with Gasteiger partial charge in [0.2, 0.25) is 0 Å². The molecule has 1 aromatic carbocycles. The molecule has 0 saturated heterocycles. The van der Waals surface area contributed by atoms with Crippen molar-refractivity contribution >= 4 is 11.8 Å². The summed E-state index contributed by atoms with van der Waals surface area (Å²) in [6.07, 6.45) is 7.31. The number of rotatable bonds is 9. The Labute approximate surface area is 110 Å². The minimum atomic E-state index is 1.01. The Morgan fingerprint density at radius 1 is 1.00 bits per heavy atom. The number of thioether (sulfide) groups is 1. The van der Waals surface area contributed by atoms with Gasteiger partial charge in [-0.25, -0.2) is 0 Å². The molecule has 0 atom stereocenters. The second-order valence-electron chi connectivity index (χ2n) is 4.40. The number of benzene rings is 1. The first-order valence-corrected chi connectivity index (χ1v) is 8.03. The molecule has 0 amide bonds. The molecule has 17 heavy (non-hydrogen) atoms. The van der Waals surface area contributed by atoms with Gasteiger partial charge in [-0.1, -0.05) is 37.6 Å². The van der Waals surface area contributed by atoms with Crippen molar-refractivity contribution in [3.05, 3.63) is 35.4 Å². The van der Waals surface area contributed by atoms with Gasteiger partial charge in [-0.3, -0.25) is 0 Å². The largest absolute Gasteiger partial charge is 0.313 e. The van der Waals surface area contributed by atoms with Gasteiger partial charge < -0.3 is 5.32 Å². The van der Waals surface area contributed by atoms with E-state index in [1.807, 2.05) is 11.8 Å². The molecule has 0 unspecified atom stereocenters. The summed E-state index contributed by atoms with van der Waals surface area (Å²) in [6.45, 7) is 4.35. The standard InChI is InChI=1S/C15H25NS/c1-3-14-7-9-15(10-8-14)13-16-11-5-4-6-12-17-2/h7-10,16H,3-6,11-13H2,1-2H3. The van der Waals surface area contributed by atoms with Gasteiger partial charge in [-0.2, -0.15) is 11.8 Å². The summed E-state index contributed by atoms with van der Waals surface area (Å²) >= 11 is 1.95. The molecule has 0 saturated carbocycles. The average Bonchev–Trinajstić information content (AvgIpc) is 2.38. The number of aryl methyl sites for hydroxylation is 1. The minimum absolute atomic E-state index is 1.01. The first-order chi connectivity index (χ1) is 8.36. The van der Waals surface area contributed by atoms with Gasteiger partial charge in [-0.05, 0) is 48.9 Å². The molecule has 0 fully saturated rings. The smallest absolute Gasteiger partial charge is 0.0205 e. The highest BCUT2D eigenvalue weighted by molar-refractivity contribution is 7.98. The monoisotopic (exact) mass is 251 g/mol. The maximum atomic E-state index is 3.51. The van der Waals surface area contributed by atoms with Crippen molar-refractivity contribution in [2.45, 2.75) is 39.2 Å². The summed E-state index contributed by atoms with van der Waals surface area (Å²) in [5, 5.41) is 3.51. The third kappa shape index (κ3) is 6.75. The number of nitrogens with one attached hydrogen (secondary N) is 1. The van der Waals surface area contributed by atoms with Crippen LogP contribution in [0.4, 0.5) is 0 Å². The molecule has 0 aliphatic rings. The lowest BCUT2D eigenvalue weighted by atomic mass is 10.1. The van der Waals surface area contributed by atoms with E-state index in [-0.39, 0.29) is 0 Å². The van der Waals surface area contributed by atoms with Crippen LogP contribution < -0.4 is 5.32 Å². The fourth-order valence-electron chi connectivity index (χ4n) is 1.80. The van der Waals surface area contributed by atoms with Gasteiger partial charge in [0.05, 0.1) is 0 Å². The van der Waals surface area contributed by atoms with Crippen molar-refractivity contribution in [1.29, 1.82) is 0 Å². The lowest BCUT2D eigenvalue weighted by Crippen LogP contribution is -2.14. The Balaban J connectivity index is 2.05. The zero-order chi connectivity index (χ0) is 12.3. The second kappa shape index (κ2) is 9.55. The number of hydrogen-bond donors (Lipinski definition) is 1. The normalized spacial score (nSPS) is 10.7. The number of hydrogen-bond acceptors (Lipinski definition) is 2. The molecule has 0 bridgehead atoms. The topological polar surface area (TPSA) is 12.0 Å². The van der Waals surface area contributed by atoms with Crippen LogP contribution >= 0.6 is 11.8 Å². The summed E-state index contributed by atoms with van der Waals surface area (Å²) in [5.74, 6) is 1.30. The Morgan fingerprint density at radius 2 is 1.71 bits per heavy atom. The highest BCUT2D eigenvalue weighted by atomic mass is 32.2. The van der Waals surface area contributed by atoms with E-state index in [0.717, 1.165) is 19.5 Å². The first kappa shape index (κ1) is 14.6. The molecular formula is C15H25NS. The van der Waals surface area contributed by atoms with Crippen molar-refractivity contribution in [3.8, 4) is 0 Å².